The molecule has 90 valence electrons. The van der Waals surface area contributed by atoms with Crippen LogP contribution < -0.4 is 5.32 Å². The zero-order valence-corrected chi connectivity index (χ0v) is 11.3. The molecule has 1 N–H and O–H groups in total. The molecule has 0 bridgehead atoms. The van der Waals surface area contributed by atoms with Crippen molar-refractivity contribution in [1.82, 2.24) is 9.97 Å². The number of hydrogen-bond acceptors (Lipinski definition) is 6. The van der Waals surface area contributed by atoms with E-state index in [0.717, 1.165) is 10.8 Å². The Labute approximate surface area is 108 Å². The first-order valence-electron chi connectivity index (χ1n) is 5.08. The molecule has 0 atom stereocenters. The highest BCUT2D eigenvalue weighted by Crippen LogP contribution is 2.30. The van der Waals surface area contributed by atoms with E-state index in [9.17, 15) is 0 Å². The molecule has 17 heavy (non-hydrogen) atoms. The summed E-state index contributed by atoms with van der Waals surface area (Å²) in [6.45, 7) is 0.424. The third kappa shape index (κ3) is 3.42. The fourth-order valence-electron chi connectivity index (χ4n) is 1.27. The molecule has 0 aliphatic carbocycles. The van der Waals surface area contributed by atoms with Gasteiger partial charge in [-0.05, 0) is 11.4 Å². The average Bonchev–Trinajstić information content (AvgIpc) is 2.82. The first-order chi connectivity index (χ1) is 8.31. The van der Waals surface area contributed by atoms with Crippen LogP contribution in [-0.2, 0) is 11.3 Å². The van der Waals surface area contributed by atoms with E-state index < -0.39 is 0 Å². The fraction of sp³-hybridized carbons (Fsp3) is 0.273. The maximum absolute atomic E-state index is 5.06. The molecule has 0 fully saturated rings. The second-order valence-electron chi connectivity index (χ2n) is 3.22. The molecule has 0 spiro atoms. The molecule has 2 rings (SSSR count). The Morgan fingerprint density at radius 1 is 1.47 bits per heavy atom. The van der Waals surface area contributed by atoms with Crippen molar-refractivity contribution in [2.24, 2.45) is 0 Å². The average molecular weight is 267 g/mol. The van der Waals surface area contributed by atoms with Crippen LogP contribution in [0, 0.1) is 0 Å². The molecule has 2 aromatic heterocycles. The number of nitrogens with zero attached hydrogens (tertiary/aromatic N) is 2. The number of ether oxygens (including phenoxy) is 1. The van der Waals surface area contributed by atoms with Gasteiger partial charge in [0.25, 0.3) is 0 Å². The van der Waals surface area contributed by atoms with Gasteiger partial charge in [-0.1, -0.05) is 17.8 Å². The van der Waals surface area contributed by atoms with Crippen LogP contribution in [0.2, 0.25) is 0 Å². The van der Waals surface area contributed by atoms with Crippen LogP contribution >= 0.6 is 23.1 Å². The van der Waals surface area contributed by atoms with Crippen LogP contribution in [0.4, 0.5) is 5.82 Å². The minimum Gasteiger partial charge on any atom is -0.377 e. The molecule has 4 nitrogen and oxygen atoms in total. The normalized spacial score (nSPS) is 10.5. The smallest absolute Gasteiger partial charge is 0.157 e. The van der Waals surface area contributed by atoms with E-state index in [1.54, 1.807) is 30.2 Å². The van der Waals surface area contributed by atoms with Crippen molar-refractivity contribution in [2.45, 2.75) is 15.8 Å². The van der Waals surface area contributed by atoms with Crippen LogP contribution in [-0.4, -0.2) is 24.1 Å². The molecule has 2 heterocycles. The fourth-order valence-corrected chi connectivity index (χ4v) is 3.01. The van der Waals surface area contributed by atoms with Crippen molar-refractivity contribution in [3.63, 3.8) is 0 Å². The number of hydrogen-bond donors (Lipinski definition) is 1. The number of anilines is 1. The molecule has 0 aromatic carbocycles. The zero-order chi connectivity index (χ0) is 12.1. The second kappa shape index (κ2) is 6.00. The highest BCUT2D eigenvalue weighted by Gasteiger charge is 2.06. The van der Waals surface area contributed by atoms with E-state index in [2.05, 4.69) is 26.7 Å². The van der Waals surface area contributed by atoms with Crippen LogP contribution in [0.25, 0.3) is 0 Å². The second-order valence-corrected chi connectivity index (χ2v) is 5.49. The van der Waals surface area contributed by atoms with E-state index in [0.29, 0.717) is 12.4 Å². The summed E-state index contributed by atoms with van der Waals surface area (Å²) in [5.74, 6) is 1.50. The lowest BCUT2D eigenvalue weighted by atomic mass is 10.5. The number of nitrogens with one attached hydrogen (secondary N) is 1. The Morgan fingerprint density at radius 2 is 2.35 bits per heavy atom. The van der Waals surface area contributed by atoms with Crippen LogP contribution in [0.3, 0.4) is 0 Å². The summed E-state index contributed by atoms with van der Waals surface area (Å²) in [5.41, 5.74) is 0. The molecular formula is C11H13N3OS2. The largest absolute Gasteiger partial charge is 0.377 e. The summed E-state index contributed by atoms with van der Waals surface area (Å²) in [6.07, 6.45) is 0. The van der Waals surface area contributed by atoms with E-state index in [1.165, 1.54) is 4.21 Å². The molecule has 0 saturated carbocycles. The van der Waals surface area contributed by atoms with Crippen molar-refractivity contribution in [3.05, 3.63) is 29.4 Å². The van der Waals surface area contributed by atoms with E-state index in [1.807, 2.05) is 19.2 Å². The quantitative estimate of drug-likeness (QED) is 0.844. The first-order valence-corrected chi connectivity index (χ1v) is 6.77. The van der Waals surface area contributed by atoms with Crippen molar-refractivity contribution < 1.29 is 4.74 Å². The van der Waals surface area contributed by atoms with Gasteiger partial charge in [-0.15, -0.1) is 11.3 Å². The maximum Gasteiger partial charge on any atom is 0.157 e. The lowest BCUT2D eigenvalue weighted by Crippen LogP contribution is -2.02. The molecule has 0 radical (unpaired) electrons. The van der Waals surface area contributed by atoms with Gasteiger partial charge in [0.1, 0.15) is 17.5 Å². The van der Waals surface area contributed by atoms with Gasteiger partial charge in [-0.3, -0.25) is 0 Å². The minimum atomic E-state index is 0.424. The number of aromatic nitrogens is 2. The molecular weight excluding hydrogens is 254 g/mol. The zero-order valence-electron chi connectivity index (χ0n) is 9.64. The molecule has 6 heteroatoms. The molecule has 0 aliphatic heterocycles. The summed E-state index contributed by atoms with van der Waals surface area (Å²) in [5, 5.41) is 6.01. The van der Waals surface area contributed by atoms with Gasteiger partial charge in [0.05, 0.1) is 4.21 Å². The van der Waals surface area contributed by atoms with Crippen molar-refractivity contribution >= 4 is 28.9 Å². The third-order valence-corrected chi connectivity index (χ3v) is 3.93. The predicted octanol–water partition coefficient (Wildman–Crippen LogP) is 2.88. The highest BCUT2D eigenvalue weighted by atomic mass is 32.2. The van der Waals surface area contributed by atoms with Gasteiger partial charge in [0.2, 0.25) is 0 Å². The number of thiophene rings is 1. The van der Waals surface area contributed by atoms with Crippen LogP contribution in [0.5, 0.6) is 0 Å². The van der Waals surface area contributed by atoms with Gasteiger partial charge in [0, 0.05) is 20.2 Å². The van der Waals surface area contributed by atoms with Crippen molar-refractivity contribution in [2.75, 3.05) is 19.5 Å². The Kier molecular flexibility index (Phi) is 4.36. The summed E-state index contributed by atoms with van der Waals surface area (Å²) >= 11 is 3.34. The summed E-state index contributed by atoms with van der Waals surface area (Å²) < 4.78 is 6.27. The van der Waals surface area contributed by atoms with Crippen LogP contribution in [0.15, 0.2) is 32.8 Å². The van der Waals surface area contributed by atoms with Gasteiger partial charge in [-0.2, -0.15) is 0 Å². The van der Waals surface area contributed by atoms with Crippen molar-refractivity contribution in [1.29, 1.82) is 0 Å². The lowest BCUT2D eigenvalue weighted by molar-refractivity contribution is 0.177. The Hall–Kier alpha value is -1.11. The SMILES string of the molecule is CNc1cc(Sc2cccs2)nc(COC)n1. The highest BCUT2D eigenvalue weighted by molar-refractivity contribution is 8.01. The Balaban J connectivity index is 2.23. The van der Waals surface area contributed by atoms with Gasteiger partial charge < -0.3 is 10.1 Å². The molecule has 0 unspecified atom stereocenters. The molecule has 2 aromatic rings. The minimum absolute atomic E-state index is 0.424. The Bertz CT molecular complexity index is 474. The van der Waals surface area contributed by atoms with Crippen LogP contribution in [0.1, 0.15) is 5.82 Å². The van der Waals surface area contributed by atoms with Gasteiger partial charge in [0.15, 0.2) is 5.82 Å². The van der Waals surface area contributed by atoms with Gasteiger partial charge >= 0.3 is 0 Å². The number of methoxy groups -OCH3 is 1. The monoisotopic (exact) mass is 267 g/mol. The first kappa shape index (κ1) is 12.3. The molecule has 0 saturated heterocycles. The van der Waals surface area contributed by atoms with Gasteiger partial charge in [-0.25, -0.2) is 9.97 Å². The van der Waals surface area contributed by atoms with E-state index in [-0.39, 0.29) is 0 Å². The lowest BCUT2D eigenvalue weighted by Gasteiger charge is -2.06. The number of rotatable bonds is 5. The summed E-state index contributed by atoms with van der Waals surface area (Å²) in [4.78, 5) is 8.75. The third-order valence-electron chi connectivity index (χ3n) is 1.98. The summed E-state index contributed by atoms with van der Waals surface area (Å²) in [6, 6.07) is 6.04. The maximum atomic E-state index is 5.06. The van der Waals surface area contributed by atoms with E-state index >= 15 is 0 Å². The standard InChI is InChI=1S/C11H13N3OS2/c1-12-8-6-10(14-9(13-8)7-15-2)17-11-4-3-5-16-11/h3-6H,7H2,1-2H3,(H,12,13,14). The predicted molar refractivity (Wildman–Crippen MR) is 70.7 cm³/mol. The molecule has 0 aliphatic rings. The van der Waals surface area contributed by atoms with Crippen molar-refractivity contribution in [3.8, 4) is 0 Å². The topological polar surface area (TPSA) is 47.0 Å². The Morgan fingerprint density at radius 3 is 3.00 bits per heavy atom. The molecule has 0 amide bonds. The summed E-state index contributed by atoms with van der Waals surface area (Å²) in [7, 11) is 3.49. The van der Waals surface area contributed by atoms with E-state index in [4.69, 9.17) is 4.74 Å².